The highest BCUT2D eigenvalue weighted by Gasteiger charge is 2.15. The van der Waals surface area contributed by atoms with E-state index in [0.717, 1.165) is 17.0 Å². The Morgan fingerprint density at radius 1 is 0.862 bits per heavy atom. The highest BCUT2D eigenvalue weighted by Crippen LogP contribution is 2.21. The standard InChI is InChI=1S/C21H21N3O3S2/c1-15-5-3-4-6-20(15)24-29(25,26)19-13-9-17(10-14-19)23-21(28)22-16-7-11-18(27-2)12-8-16/h3-14,24H,1-2H3,(H2,22,23,28). The maximum absolute atomic E-state index is 12.6. The van der Waals surface area contributed by atoms with Crippen molar-refractivity contribution >= 4 is 44.4 Å². The van der Waals surface area contributed by atoms with E-state index in [1.54, 1.807) is 31.4 Å². The van der Waals surface area contributed by atoms with Crippen molar-refractivity contribution < 1.29 is 13.2 Å². The number of methoxy groups -OCH3 is 1. The van der Waals surface area contributed by atoms with Gasteiger partial charge in [0.1, 0.15) is 5.75 Å². The predicted octanol–water partition coefficient (Wildman–Crippen LogP) is 4.61. The SMILES string of the molecule is COc1ccc(NC(=S)Nc2ccc(S(=O)(=O)Nc3ccccc3C)cc2)cc1. The Labute approximate surface area is 176 Å². The minimum atomic E-state index is -3.67. The minimum absolute atomic E-state index is 0.167. The van der Waals surface area contributed by atoms with E-state index in [1.165, 1.54) is 12.1 Å². The number of thiocarbonyl (C=S) groups is 1. The van der Waals surface area contributed by atoms with Gasteiger partial charge >= 0.3 is 0 Å². The van der Waals surface area contributed by atoms with Crippen molar-refractivity contribution in [1.29, 1.82) is 0 Å². The molecule has 3 aromatic carbocycles. The summed E-state index contributed by atoms with van der Waals surface area (Å²) in [5.41, 5.74) is 2.89. The molecule has 0 saturated carbocycles. The molecule has 3 rings (SSSR count). The Bertz CT molecular complexity index is 1100. The van der Waals surface area contributed by atoms with Crippen LogP contribution in [0.4, 0.5) is 17.1 Å². The molecule has 150 valence electrons. The molecule has 0 heterocycles. The van der Waals surface area contributed by atoms with Crippen LogP contribution in [0.15, 0.2) is 77.7 Å². The third-order valence-corrected chi connectivity index (χ3v) is 5.75. The van der Waals surface area contributed by atoms with Crippen LogP contribution in [0.25, 0.3) is 0 Å². The van der Waals surface area contributed by atoms with Gasteiger partial charge in [-0.05, 0) is 79.3 Å². The molecular formula is C21H21N3O3S2. The first-order chi connectivity index (χ1) is 13.9. The van der Waals surface area contributed by atoms with Crippen LogP contribution in [0, 0.1) is 6.92 Å². The number of ether oxygens (including phenoxy) is 1. The zero-order valence-electron chi connectivity index (χ0n) is 16.0. The zero-order chi connectivity index (χ0) is 20.9. The Morgan fingerprint density at radius 3 is 1.97 bits per heavy atom. The number of hydrogen-bond acceptors (Lipinski definition) is 4. The van der Waals surface area contributed by atoms with Gasteiger partial charge in [-0.15, -0.1) is 0 Å². The average molecular weight is 428 g/mol. The molecule has 0 aromatic heterocycles. The fourth-order valence-electron chi connectivity index (χ4n) is 2.58. The Kier molecular flexibility index (Phi) is 6.36. The van der Waals surface area contributed by atoms with Crippen molar-refractivity contribution in [3.05, 3.63) is 78.4 Å². The largest absolute Gasteiger partial charge is 0.497 e. The van der Waals surface area contributed by atoms with Crippen molar-refractivity contribution in [3.8, 4) is 5.75 Å². The van der Waals surface area contributed by atoms with Crippen molar-refractivity contribution in [2.45, 2.75) is 11.8 Å². The lowest BCUT2D eigenvalue weighted by Crippen LogP contribution is -2.19. The van der Waals surface area contributed by atoms with E-state index in [-0.39, 0.29) is 4.90 Å². The van der Waals surface area contributed by atoms with Crippen LogP contribution < -0.4 is 20.1 Å². The summed E-state index contributed by atoms with van der Waals surface area (Å²) in [6, 6.07) is 20.9. The Morgan fingerprint density at radius 2 is 1.41 bits per heavy atom. The molecule has 29 heavy (non-hydrogen) atoms. The number of nitrogens with one attached hydrogen (secondary N) is 3. The van der Waals surface area contributed by atoms with Crippen molar-refractivity contribution in [2.24, 2.45) is 0 Å². The second-order valence-electron chi connectivity index (χ2n) is 6.25. The van der Waals surface area contributed by atoms with Gasteiger partial charge < -0.3 is 15.4 Å². The van der Waals surface area contributed by atoms with Gasteiger partial charge in [-0.3, -0.25) is 4.72 Å². The van der Waals surface area contributed by atoms with E-state index in [2.05, 4.69) is 15.4 Å². The zero-order valence-corrected chi connectivity index (χ0v) is 17.6. The summed E-state index contributed by atoms with van der Waals surface area (Å²) in [7, 11) is -2.07. The van der Waals surface area contributed by atoms with Gasteiger partial charge in [0, 0.05) is 11.4 Å². The normalized spacial score (nSPS) is 10.8. The summed E-state index contributed by atoms with van der Waals surface area (Å²) in [4.78, 5) is 0.167. The molecule has 3 N–H and O–H groups in total. The van der Waals surface area contributed by atoms with Crippen LogP contribution in [0.2, 0.25) is 0 Å². The first kappa shape index (κ1) is 20.6. The molecule has 0 aliphatic heterocycles. The van der Waals surface area contributed by atoms with Crippen LogP contribution in [0.3, 0.4) is 0 Å². The second-order valence-corrected chi connectivity index (χ2v) is 8.34. The lowest BCUT2D eigenvalue weighted by molar-refractivity contribution is 0.415. The summed E-state index contributed by atoms with van der Waals surface area (Å²) in [5.74, 6) is 0.755. The highest BCUT2D eigenvalue weighted by atomic mass is 32.2. The van der Waals surface area contributed by atoms with Gasteiger partial charge in [0.2, 0.25) is 0 Å². The number of para-hydroxylation sites is 1. The van der Waals surface area contributed by atoms with Crippen molar-refractivity contribution in [1.82, 2.24) is 0 Å². The lowest BCUT2D eigenvalue weighted by atomic mass is 10.2. The van der Waals surface area contributed by atoms with Gasteiger partial charge in [-0.25, -0.2) is 8.42 Å². The van der Waals surface area contributed by atoms with E-state index in [9.17, 15) is 8.42 Å². The third-order valence-electron chi connectivity index (χ3n) is 4.16. The number of rotatable bonds is 6. The number of hydrogen-bond donors (Lipinski definition) is 3. The maximum Gasteiger partial charge on any atom is 0.261 e. The Hall–Kier alpha value is -3.10. The molecule has 0 bridgehead atoms. The fourth-order valence-corrected chi connectivity index (χ4v) is 3.94. The van der Waals surface area contributed by atoms with Gasteiger partial charge in [-0.2, -0.15) is 0 Å². The fraction of sp³-hybridized carbons (Fsp3) is 0.0952. The van der Waals surface area contributed by atoms with E-state index in [0.29, 0.717) is 16.5 Å². The van der Waals surface area contributed by atoms with E-state index < -0.39 is 10.0 Å². The van der Waals surface area contributed by atoms with Crippen LogP contribution in [0.1, 0.15) is 5.56 Å². The predicted molar refractivity (Wildman–Crippen MR) is 121 cm³/mol. The molecule has 0 unspecified atom stereocenters. The van der Waals surface area contributed by atoms with E-state index in [1.807, 2.05) is 43.3 Å². The first-order valence-corrected chi connectivity index (χ1v) is 10.7. The molecule has 0 aliphatic rings. The smallest absolute Gasteiger partial charge is 0.261 e. The van der Waals surface area contributed by atoms with Gasteiger partial charge in [0.05, 0.1) is 17.7 Å². The van der Waals surface area contributed by atoms with Gasteiger partial charge in [0.25, 0.3) is 10.0 Å². The molecule has 0 radical (unpaired) electrons. The summed E-state index contributed by atoms with van der Waals surface area (Å²) >= 11 is 5.30. The Balaban J connectivity index is 1.64. The summed E-state index contributed by atoms with van der Waals surface area (Å²) < 4.78 is 32.9. The number of anilines is 3. The monoisotopic (exact) mass is 427 g/mol. The molecule has 0 fully saturated rings. The maximum atomic E-state index is 12.6. The summed E-state index contributed by atoms with van der Waals surface area (Å²) in [6.45, 7) is 1.85. The van der Waals surface area contributed by atoms with Crippen LogP contribution in [-0.2, 0) is 10.0 Å². The van der Waals surface area contributed by atoms with E-state index in [4.69, 9.17) is 17.0 Å². The number of sulfonamides is 1. The van der Waals surface area contributed by atoms with Gasteiger partial charge in [0.15, 0.2) is 5.11 Å². The molecule has 0 aliphatic carbocycles. The number of aryl methyl sites for hydroxylation is 1. The third kappa shape index (κ3) is 5.46. The lowest BCUT2D eigenvalue weighted by Gasteiger charge is -2.13. The number of benzene rings is 3. The molecule has 0 atom stereocenters. The highest BCUT2D eigenvalue weighted by molar-refractivity contribution is 7.92. The van der Waals surface area contributed by atoms with Gasteiger partial charge in [-0.1, -0.05) is 18.2 Å². The molecule has 0 amide bonds. The van der Waals surface area contributed by atoms with Crippen LogP contribution in [-0.4, -0.2) is 20.6 Å². The first-order valence-electron chi connectivity index (χ1n) is 8.78. The molecule has 0 saturated heterocycles. The molecule has 3 aromatic rings. The topological polar surface area (TPSA) is 79.5 Å². The molecule has 0 spiro atoms. The van der Waals surface area contributed by atoms with Crippen LogP contribution >= 0.6 is 12.2 Å². The van der Waals surface area contributed by atoms with Crippen molar-refractivity contribution in [3.63, 3.8) is 0 Å². The van der Waals surface area contributed by atoms with E-state index >= 15 is 0 Å². The summed E-state index contributed by atoms with van der Waals surface area (Å²) in [6.07, 6.45) is 0. The second kappa shape index (κ2) is 8.93. The molecule has 8 heteroatoms. The molecule has 6 nitrogen and oxygen atoms in total. The molecular weight excluding hydrogens is 406 g/mol. The quantitative estimate of drug-likeness (QED) is 0.499. The van der Waals surface area contributed by atoms with Crippen LogP contribution in [0.5, 0.6) is 5.75 Å². The minimum Gasteiger partial charge on any atom is -0.497 e. The summed E-state index contributed by atoms with van der Waals surface area (Å²) in [5, 5.41) is 6.48. The average Bonchev–Trinajstić information content (AvgIpc) is 2.70. The van der Waals surface area contributed by atoms with Crippen molar-refractivity contribution in [2.75, 3.05) is 22.5 Å².